The highest BCUT2D eigenvalue weighted by Crippen LogP contribution is 2.24. The minimum absolute atomic E-state index is 0.0224. The molecule has 3 aromatic rings. The van der Waals surface area contributed by atoms with Crippen molar-refractivity contribution in [2.75, 3.05) is 30.8 Å². The van der Waals surface area contributed by atoms with E-state index in [1.54, 1.807) is 0 Å². The zero-order chi connectivity index (χ0) is 20.6. The van der Waals surface area contributed by atoms with Gasteiger partial charge in [-0.3, -0.25) is 4.79 Å². The summed E-state index contributed by atoms with van der Waals surface area (Å²) in [5.41, 5.74) is 2.15. The van der Waals surface area contributed by atoms with E-state index in [1.165, 1.54) is 17.3 Å². The predicted octanol–water partition coefficient (Wildman–Crippen LogP) is 3.67. The number of amides is 1. The molecule has 6 nitrogen and oxygen atoms in total. The van der Waals surface area contributed by atoms with E-state index in [2.05, 4.69) is 32.7 Å². The number of benzene rings is 2. The predicted molar refractivity (Wildman–Crippen MR) is 121 cm³/mol. The molecule has 1 saturated heterocycles. The Morgan fingerprint density at radius 1 is 1.10 bits per heavy atom. The van der Waals surface area contributed by atoms with Crippen LogP contribution in [0.2, 0.25) is 0 Å². The Morgan fingerprint density at radius 3 is 2.77 bits per heavy atom. The van der Waals surface area contributed by atoms with E-state index in [0.29, 0.717) is 11.7 Å². The minimum atomic E-state index is -0.0224. The highest BCUT2D eigenvalue weighted by Gasteiger charge is 2.16. The van der Waals surface area contributed by atoms with Crippen molar-refractivity contribution >= 4 is 34.4 Å². The zero-order valence-corrected chi connectivity index (χ0v) is 17.7. The highest BCUT2D eigenvalue weighted by molar-refractivity contribution is 7.99. The van der Waals surface area contributed by atoms with Crippen LogP contribution in [0.5, 0.6) is 0 Å². The monoisotopic (exact) mass is 422 g/mol. The first-order valence-electron chi connectivity index (χ1n) is 10.3. The summed E-state index contributed by atoms with van der Waals surface area (Å²) < 4.78 is 5.55. The summed E-state index contributed by atoms with van der Waals surface area (Å²) in [6.07, 6.45) is 3.14. The van der Waals surface area contributed by atoms with Crippen LogP contribution in [0.4, 0.5) is 5.82 Å². The molecule has 1 fully saturated rings. The van der Waals surface area contributed by atoms with Crippen molar-refractivity contribution in [3.8, 4) is 0 Å². The Kier molecular flexibility index (Phi) is 7.16. The van der Waals surface area contributed by atoms with Crippen molar-refractivity contribution in [2.24, 2.45) is 0 Å². The van der Waals surface area contributed by atoms with Crippen LogP contribution in [0.15, 0.2) is 59.8 Å². The molecule has 7 heteroatoms. The first-order valence-corrected chi connectivity index (χ1v) is 11.3. The van der Waals surface area contributed by atoms with Gasteiger partial charge in [0.25, 0.3) is 0 Å². The molecule has 1 aliphatic rings. The highest BCUT2D eigenvalue weighted by atomic mass is 32.2. The summed E-state index contributed by atoms with van der Waals surface area (Å²) in [6, 6.07) is 18.3. The lowest BCUT2D eigenvalue weighted by Crippen LogP contribution is -2.32. The van der Waals surface area contributed by atoms with E-state index in [-0.39, 0.29) is 17.8 Å². The van der Waals surface area contributed by atoms with Crippen molar-refractivity contribution in [2.45, 2.75) is 30.5 Å². The molecule has 1 amide bonds. The van der Waals surface area contributed by atoms with Crippen molar-refractivity contribution < 1.29 is 9.53 Å². The third-order valence-corrected chi connectivity index (χ3v) is 5.86. The average Bonchev–Trinajstić information content (AvgIpc) is 3.31. The average molecular weight is 423 g/mol. The van der Waals surface area contributed by atoms with Gasteiger partial charge in [-0.1, -0.05) is 54.2 Å². The van der Waals surface area contributed by atoms with E-state index in [1.807, 2.05) is 42.5 Å². The van der Waals surface area contributed by atoms with Crippen molar-refractivity contribution in [3.05, 3.63) is 60.2 Å². The number of nitrogens with one attached hydrogen (secondary N) is 2. The van der Waals surface area contributed by atoms with Crippen molar-refractivity contribution in [1.29, 1.82) is 0 Å². The number of thioether (sulfide) groups is 1. The normalized spacial score (nSPS) is 15.9. The number of aromatic nitrogens is 2. The molecule has 1 aromatic heterocycles. The first-order chi connectivity index (χ1) is 14.8. The lowest BCUT2D eigenvalue weighted by atomic mass is 10.1. The summed E-state index contributed by atoms with van der Waals surface area (Å²) in [6.45, 7) is 2.14. The van der Waals surface area contributed by atoms with Crippen LogP contribution in [0.1, 0.15) is 18.4 Å². The molecule has 2 aromatic carbocycles. The number of rotatable bonds is 9. The number of anilines is 1. The number of ether oxygens (including phenoxy) is 1. The van der Waals surface area contributed by atoms with Crippen LogP contribution in [0.25, 0.3) is 10.9 Å². The van der Waals surface area contributed by atoms with Gasteiger partial charge in [0.2, 0.25) is 5.91 Å². The minimum Gasteiger partial charge on any atom is -0.376 e. The molecule has 0 spiro atoms. The zero-order valence-electron chi connectivity index (χ0n) is 16.8. The van der Waals surface area contributed by atoms with Crippen LogP contribution in [0.3, 0.4) is 0 Å². The van der Waals surface area contributed by atoms with Crippen molar-refractivity contribution in [1.82, 2.24) is 15.3 Å². The largest absolute Gasteiger partial charge is 0.376 e. The number of fused-ring (bicyclic) bond motifs is 1. The van der Waals surface area contributed by atoms with Gasteiger partial charge in [-0.2, -0.15) is 0 Å². The Bertz CT molecular complexity index is 977. The molecule has 0 bridgehead atoms. The van der Waals surface area contributed by atoms with Crippen LogP contribution in [-0.2, 0) is 16.0 Å². The molecule has 0 saturated carbocycles. The third-order valence-electron chi connectivity index (χ3n) is 5.01. The summed E-state index contributed by atoms with van der Waals surface area (Å²) in [7, 11) is 0. The first kappa shape index (κ1) is 20.6. The lowest BCUT2D eigenvalue weighted by Gasteiger charge is -2.12. The molecule has 0 aliphatic carbocycles. The second kappa shape index (κ2) is 10.4. The standard InChI is InChI=1S/C23H26N4O2S/c28-21(25-15-18-9-6-14-29-18)16-30-23-26-20-11-5-4-10-19(20)22(27-23)24-13-12-17-7-2-1-3-8-17/h1-5,7-8,10-11,18H,6,9,12-16H2,(H,25,28)(H,24,26,27)/t18-/m1/s1. The quantitative estimate of drug-likeness (QED) is 0.405. The second-order valence-corrected chi connectivity index (χ2v) is 8.20. The molecule has 1 aliphatic heterocycles. The maximum absolute atomic E-state index is 12.2. The van der Waals surface area contributed by atoms with E-state index in [4.69, 9.17) is 4.74 Å². The number of para-hydroxylation sites is 1. The Balaban J connectivity index is 1.37. The number of hydrogen-bond donors (Lipinski definition) is 2. The summed E-state index contributed by atoms with van der Waals surface area (Å²) in [5.74, 6) is 1.07. The Hall–Kier alpha value is -2.64. The molecular formula is C23H26N4O2S. The molecule has 1 atom stereocenters. The van der Waals surface area contributed by atoms with Gasteiger partial charge in [0, 0.05) is 25.1 Å². The summed E-state index contributed by atoms with van der Waals surface area (Å²) >= 11 is 1.35. The van der Waals surface area contributed by atoms with Crippen LogP contribution < -0.4 is 10.6 Å². The van der Waals surface area contributed by atoms with E-state index < -0.39 is 0 Å². The van der Waals surface area contributed by atoms with E-state index in [9.17, 15) is 4.79 Å². The van der Waals surface area contributed by atoms with E-state index in [0.717, 1.165) is 49.1 Å². The number of hydrogen-bond acceptors (Lipinski definition) is 6. The van der Waals surface area contributed by atoms with Gasteiger partial charge in [0.1, 0.15) is 5.82 Å². The number of carbonyl (C=O) groups is 1. The van der Waals surface area contributed by atoms with Gasteiger partial charge >= 0.3 is 0 Å². The fourth-order valence-corrected chi connectivity index (χ4v) is 4.12. The fraction of sp³-hybridized carbons (Fsp3) is 0.348. The van der Waals surface area contributed by atoms with Crippen molar-refractivity contribution in [3.63, 3.8) is 0 Å². The van der Waals surface area contributed by atoms with Gasteiger partial charge in [-0.15, -0.1) is 0 Å². The van der Waals surface area contributed by atoms with E-state index >= 15 is 0 Å². The summed E-state index contributed by atoms with van der Waals surface area (Å²) in [5, 5.41) is 7.97. The van der Waals surface area contributed by atoms with Crippen LogP contribution >= 0.6 is 11.8 Å². The number of carbonyl (C=O) groups excluding carboxylic acids is 1. The third kappa shape index (κ3) is 5.70. The smallest absolute Gasteiger partial charge is 0.230 e. The SMILES string of the molecule is O=C(CSc1nc(NCCc2ccccc2)c2ccccc2n1)NC[C@H]1CCCO1. The molecular weight excluding hydrogens is 396 g/mol. The van der Waals surface area contributed by atoms with Crippen LogP contribution in [-0.4, -0.2) is 47.4 Å². The Labute approximate surface area is 180 Å². The molecule has 2 N–H and O–H groups in total. The number of nitrogens with zero attached hydrogens (tertiary/aromatic N) is 2. The van der Waals surface area contributed by atoms with Crippen LogP contribution in [0, 0.1) is 0 Å². The molecule has 0 unspecified atom stereocenters. The molecule has 30 heavy (non-hydrogen) atoms. The van der Waals surface area contributed by atoms with Gasteiger partial charge in [-0.05, 0) is 37.0 Å². The van der Waals surface area contributed by atoms with Gasteiger partial charge in [0.15, 0.2) is 5.16 Å². The second-order valence-electron chi connectivity index (χ2n) is 7.26. The molecule has 0 radical (unpaired) electrons. The Morgan fingerprint density at radius 2 is 1.93 bits per heavy atom. The van der Waals surface area contributed by atoms with Gasteiger partial charge in [0.05, 0.1) is 17.4 Å². The molecule has 2 heterocycles. The maximum atomic E-state index is 12.2. The fourth-order valence-electron chi connectivity index (χ4n) is 3.44. The van der Waals surface area contributed by atoms with Gasteiger partial charge < -0.3 is 15.4 Å². The molecule has 156 valence electrons. The summed E-state index contributed by atoms with van der Waals surface area (Å²) in [4.78, 5) is 21.5. The molecule has 4 rings (SSSR count). The van der Waals surface area contributed by atoms with Gasteiger partial charge in [-0.25, -0.2) is 9.97 Å². The topological polar surface area (TPSA) is 76.1 Å². The maximum Gasteiger partial charge on any atom is 0.230 e. The lowest BCUT2D eigenvalue weighted by molar-refractivity contribution is -0.119.